The monoisotopic (exact) mass is 331 g/mol. The Morgan fingerprint density at radius 2 is 2.05 bits per heavy atom. The van der Waals surface area contributed by atoms with E-state index in [1.54, 1.807) is 7.11 Å². The fourth-order valence-electron chi connectivity index (χ4n) is 2.92. The van der Waals surface area contributed by atoms with E-state index in [1.807, 2.05) is 12.1 Å². The van der Waals surface area contributed by atoms with Crippen molar-refractivity contribution in [3.05, 3.63) is 58.1 Å². The summed E-state index contributed by atoms with van der Waals surface area (Å²) >= 11 is 3.55. The molecule has 0 N–H and O–H groups in total. The smallest absolute Gasteiger partial charge is 0.123 e. The first-order valence-corrected chi connectivity index (χ1v) is 7.65. The van der Waals surface area contributed by atoms with E-state index in [2.05, 4.69) is 58.1 Å². The van der Waals surface area contributed by atoms with E-state index < -0.39 is 0 Å². The number of ether oxygens (including phenoxy) is 1. The van der Waals surface area contributed by atoms with Crippen LogP contribution in [0.15, 0.2) is 46.9 Å². The highest BCUT2D eigenvalue weighted by Gasteiger charge is 2.26. The molecule has 0 aromatic heterocycles. The molecule has 0 aliphatic carbocycles. The number of fused-ring (bicyclic) bond motifs is 1. The van der Waals surface area contributed by atoms with Crippen molar-refractivity contribution in [3.8, 4) is 5.75 Å². The largest absolute Gasteiger partial charge is 0.496 e. The van der Waals surface area contributed by atoms with Gasteiger partial charge in [-0.3, -0.25) is 0 Å². The quantitative estimate of drug-likeness (QED) is 0.826. The number of anilines is 1. The molecule has 0 bridgehead atoms. The van der Waals surface area contributed by atoms with E-state index >= 15 is 0 Å². The number of hydrogen-bond acceptors (Lipinski definition) is 2. The maximum atomic E-state index is 5.49. The van der Waals surface area contributed by atoms with Gasteiger partial charge in [0.25, 0.3) is 0 Å². The lowest BCUT2D eigenvalue weighted by atomic mass is 10.1. The summed E-state index contributed by atoms with van der Waals surface area (Å²) in [6.45, 7) is 3.16. The highest BCUT2D eigenvalue weighted by atomic mass is 79.9. The summed E-state index contributed by atoms with van der Waals surface area (Å²) in [6, 6.07) is 15.4. The molecule has 0 spiro atoms. The van der Waals surface area contributed by atoms with E-state index in [0.717, 1.165) is 23.2 Å². The van der Waals surface area contributed by atoms with Gasteiger partial charge in [0, 0.05) is 28.3 Å². The van der Waals surface area contributed by atoms with Gasteiger partial charge in [-0.15, -0.1) is 0 Å². The van der Waals surface area contributed by atoms with Gasteiger partial charge in [-0.1, -0.05) is 34.1 Å². The van der Waals surface area contributed by atoms with E-state index in [0.29, 0.717) is 6.04 Å². The molecule has 3 rings (SSSR count). The van der Waals surface area contributed by atoms with Crippen LogP contribution < -0.4 is 9.64 Å². The molecule has 0 saturated carbocycles. The Morgan fingerprint density at radius 3 is 2.85 bits per heavy atom. The van der Waals surface area contributed by atoms with Gasteiger partial charge in [0.15, 0.2) is 0 Å². The van der Waals surface area contributed by atoms with E-state index in [1.165, 1.54) is 16.8 Å². The molecule has 0 unspecified atom stereocenters. The molecule has 1 heterocycles. The lowest BCUT2D eigenvalue weighted by Gasteiger charge is -2.26. The van der Waals surface area contributed by atoms with Gasteiger partial charge in [0.1, 0.15) is 5.75 Å². The fraction of sp³-hybridized carbons (Fsp3) is 0.294. The van der Waals surface area contributed by atoms with E-state index in [-0.39, 0.29) is 0 Å². The molecule has 0 amide bonds. The molecule has 0 fully saturated rings. The van der Waals surface area contributed by atoms with Gasteiger partial charge in [-0.2, -0.15) is 0 Å². The average Bonchev–Trinajstić information content (AvgIpc) is 2.76. The molecule has 2 nitrogen and oxygen atoms in total. The zero-order valence-electron chi connectivity index (χ0n) is 11.8. The maximum Gasteiger partial charge on any atom is 0.123 e. The molecule has 1 aliphatic rings. The number of halogens is 1. The Labute approximate surface area is 128 Å². The predicted octanol–water partition coefficient (Wildman–Crippen LogP) is 4.41. The summed E-state index contributed by atoms with van der Waals surface area (Å²) in [7, 11) is 1.73. The molecule has 2 aromatic carbocycles. The molecule has 2 aromatic rings. The first-order chi connectivity index (χ1) is 9.69. The van der Waals surface area contributed by atoms with Crippen LogP contribution in [-0.2, 0) is 13.0 Å². The summed E-state index contributed by atoms with van der Waals surface area (Å²) in [4.78, 5) is 2.46. The summed E-state index contributed by atoms with van der Waals surface area (Å²) in [6.07, 6.45) is 1.12. The van der Waals surface area contributed by atoms with Gasteiger partial charge in [0.2, 0.25) is 0 Å². The number of benzene rings is 2. The number of hydrogen-bond donors (Lipinski definition) is 0. The molecule has 1 atom stereocenters. The molecular formula is C17H18BrNO. The topological polar surface area (TPSA) is 12.5 Å². The summed E-state index contributed by atoms with van der Waals surface area (Å²) in [5.41, 5.74) is 4.00. The third-order valence-corrected chi connectivity index (χ3v) is 4.42. The normalized spacial score (nSPS) is 17.1. The highest BCUT2D eigenvalue weighted by Crippen LogP contribution is 2.35. The Balaban J connectivity index is 1.94. The van der Waals surface area contributed by atoms with Crippen LogP contribution in [0.2, 0.25) is 0 Å². The molecule has 104 valence electrons. The predicted molar refractivity (Wildman–Crippen MR) is 86.5 cm³/mol. The van der Waals surface area contributed by atoms with Crippen molar-refractivity contribution in [2.75, 3.05) is 12.0 Å². The van der Waals surface area contributed by atoms with Crippen molar-refractivity contribution in [1.82, 2.24) is 0 Å². The zero-order valence-corrected chi connectivity index (χ0v) is 13.4. The van der Waals surface area contributed by atoms with Crippen molar-refractivity contribution < 1.29 is 4.74 Å². The standard InChI is InChI=1S/C17H18BrNO/c1-12-9-13-5-3-4-6-16(13)19(12)11-14-10-15(18)7-8-17(14)20-2/h3-8,10,12H,9,11H2,1-2H3/t12-/m1/s1. The van der Waals surface area contributed by atoms with Crippen molar-refractivity contribution in [1.29, 1.82) is 0 Å². The third kappa shape index (κ3) is 2.42. The van der Waals surface area contributed by atoms with Gasteiger partial charge in [-0.05, 0) is 43.2 Å². The van der Waals surface area contributed by atoms with Gasteiger partial charge in [-0.25, -0.2) is 0 Å². The van der Waals surface area contributed by atoms with E-state index in [4.69, 9.17) is 4.74 Å². The van der Waals surface area contributed by atoms with E-state index in [9.17, 15) is 0 Å². The molecule has 3 heteroatoms. The summed E-state index contributed by atoms with van der Waals surface area (Å²) in [5.74, 6) is 0.949. The minimum Gasteiger partial charge on any atom is -0.496 e. The molecular weight excluding hydrogens is 314 g/mol. The van der Waals surface area contributed by atoms with Crippen LogP contribution in [0.25, 0.3) is 0 Å². The second-order valence-corrected chi connectivity index (χ2v) is 6.18. The van der Waals surface area contributed by atoms with Gasteiger partial charge < -0.3 is 9.64 Å². The van der Waals surface area contributed by atoms with Crippen molar-refractivity contribution in [3.63, 3.8) is 0 Å². The second kappa shape index (κ2) is 5.49. The average molecular weight is 332 g/mol. The summed E-state index contributed by atoms with van der Waals surface area (Å²) in [5, 5.41) is 0. The molecule has 0 radical (unpaired) electrons. The van der Waals surface area contributed by atoms with Crippen molar-refractivity contribution in [2.45, 2.75) is 25.9 Å². The second-order valence-electron chi connectivity index (χ2n) is 5.27. The zero-order chi connectivity index (χ0) is 14.1. The lowest BCUT2D eigenvalue weighted by molar-refractivity contribution is 0.408. The Morgan fingerprint density at radius 1 is 1.25 bits per heavy atom. The lowest BCUT2D eigenvalue weighted by Crippen LogP contribution is -2.28. The number of para-hydroxylation sites is 1. The van der Waals surface area contributed by atoms with Crippen LogP contribution in [0.3, 0.4) is 0 Å². The fourth-order valence-corrected chi connectivity index (χ4v) is 3.33. The number of rotatable bonds is 3. The molecule has 0 saturated heterocycles. The van der Waals surface area contributed by atoms with Gasteiger partial charge >= 0.3 is 0 Å². The SMILES string of the molecule is COc1ccc(Br)cc1CN1c2ccccc2C[C@H]1C. The maximum absolute atomic E-state index is 5.49. The third-order valence-electron chi connectivity index (χ3n) is 3.93. The molecule has 20 heavy (non-hydrogen) atoms. The Hall–Kier alpha value is -1.48. The van der Waals surface area contributed by atoms with Crippen LogP contribution in [0, 0.1) is 0 Å². The van der Waals surface area contributed by atoms with Crippen molar-refractivity contribution >= 4 is 21.6 Å². The van der Waals surface area contributed by atoms with Crippen LogP contribution in [0.1, 0.15) is 18.1 Å². The number of methoxy groups -OCH3 is 1. The Kier molecular flexibility index (Phi) is 3.70. The Bertz CT molecular complexity index is 626. The van der Waals surface area contributed by atoms with Gasteiger partial charge in [0.05, 0.1) is 7.11 Å². The first kappa shape index (κ1) is 13.5. The highest BCUT2D eigenvalue weighted by molar-refractivity contribution is 9.10. The van der Waals surface area contributed by atoms with Crippen molar-refractivity contribution in [2.24, 2.45) is 0 Å². The van der Waals surface area contributed by atoms with Crippen LogP contribution >= 0.6 is 15.9 Å². The van der Waals surface area contributed by atoms with Crippen LogP contribution in [0.5, 0.6) is 5.75 Å². The first-order valence-electron chi connectivity index (χ1n) is 6.86. The minimum atomic E-state index is 0.524. The molecule has 1 aliphatic heterocycles. The number of nitrogens with zero attached hydrogens (tertiary/aromatic N) is 1. The summed E-state index contributed by atoms with van der Waals surface area (Å²) < 4.78 is 6.58. The van der Waals surface area contributed by atoms with Crippen LogP contribution in [-0.4, -0.2) is 13.2 Å². The van der Waals surface area contributed by atoms with Crippen LogP contribution in [0.4, 0.5) is 5.69 Å². The minimum absolute atomic E-state index is 0.524.